The molecule has 1 aliphatic carbocycles. The third-order valence-corrected chi connectivity index (χ3v) is 8.06. The predicted molar refractivity (Wildman–Crippen MR) is 169 cm³/mol. The molecule has 0 amide bonds. The maximum absolute atomic E-state index is 6.27. The average molecular weight is 566 g/mol. The first kappa shape index (κ1) is 31.6. The fourth-order valence-electron chi connectivity index (χ4n) is 5.44. The largest absolute Gasteiger partial charge is 0.491 e. The number of pyridine rings is 2. The lowest BCUT2D eigenvalue weighted by molar-refractivity contribution is 0.0683. The van der Waals surface area contributed by atoms with E-state index in [-0.39, 0.29) is 28.0 Å². The molecule has 2 N–H and O–H groups in total. The Hall–Kier alpha value is -2.38. The van der Waals surface area contributed by atoms with Gasteiger partial charge in [0.1, 0.15) is 23.4 Å². The molecule has 2 aromatic rings. The summed E-state index contributed by atoms with van der Waals surface area (Å²) in [6.07, 6.45) is 8.31. The number of anilines is 1. The lowest BCUT2D eigenvalue weighted by Gasteiger charge is -2.46. The number of hydrogen-bond donors (Lipinski definition) is 2. The topological polar surface area (TPSA) is 71.5 Å². The van der Waals surface area contributed by atoms with E-state index in [1.807, 2.05) is 24.5 Å². The van der Waals surface area contributed by atoms with E-state index < -0.39 is 0 Å². The van der Waals surface area contributed by atoms with Crippen LogP contribution < -0.4 is 25.0 Å². The van der Waals surface area contributed by atoms with Crippen LogP contribution in [0.5, 0.6) is 11.5 Å². The van der Waals surface area contributed by atoms with E-state index >= 15 is 0 Å². The van der Waals surface area contributed by atoms with Gasteiger partial charge >= 0.3 is 0 Å². The van der Waals surface area contributed by atoms with E-state index in [4.69, 9.17) is 9.47 Å². The molecule has 228 valence electrons. The van der Waals surface area contributed by atoms with Gasteiger partial charge in [-0.3, -0.25) is 4.98 Å². The maximum atomic E-state index is 6.27. The first-order chi connectivity index (χ1) is 19.0. The molecule has 41 heavy (non-hydrogen) atoms. The Morgan fingerprint density at radius 2 is 1.44 bits per heavy atom. The van der Waals surface area contributed by atoms with Crippen LogP contribution in [0.4, 0.5) is 5.82 Å². The van der Waals surface area contributed by atoms with E-state index in [1.165, 1.54) is 0 Å². The van der Waals surface area contributed by atoms with Crippen molar-refractivity contribution in [2.45, 2.75) is 130 Å². The van der Waals surface area contributed by atoms with Crippen molar-refractivity contribution in [2.24, 2.45) is 5.41 Å². The molecule has 2 aromatic heterocycles. The van der Waals surface area contributed by atoms with Crippen LogP contribution in [-0.2, 0) is 5.41 Å². The van der Waals surface area contributed by atoms with Crippen molar-refractivity contribution in [3.05, 3.63) is 42.4 Å². The summed E-state index contributed by atoms with van der Waals surface area (Å²) in [7, 11) is 0. The molecule has 1 aliphatic heterocycles. The number of ether oxygens (including phenoxy) is 2. The molecule has 2 fully saturated rings. The third-order valence-electron chi connectivity index (χ3n) is 8.06. The van der Waals surface area contributed by atoms with Gasteiger partial charge in [-0.1, -0.05) is 41.5 Å². The number of aromatic nitrogens is 2. The Kier molecular flexibility index (Phi) is 9.30. The zero-order valence-corrected chi connectivity index (χ0v) is 27.3. The predicted octanol–water partition coefficient (Wildman–Crippen LogP) is 6.51. The molecule has 1 saturated heterocycles. The van der Waals surface area contributed by atoms with Gasteiger partial charge in [-0.05, 0) is 77.0 Å². The van der Waals surface area contributed by atoms with Gasteiger partial charge in [0, 0.05) is 59.6 Å². The van der Waals surface area contributed by atoms with E-state index in [1.54, 1.807) is 0 Å². The summed E-state index contributed by atoms with van der Waals surface area (Å²) in [5.41, 5.74) is 1.39. The summed E-state index contributed by atoms with van der Waals surface area (Å²) >= 11 is 0. The van der Waals surface area contributed by atoms with Gasteiger partial charge in [-0.25, -0.2) is 4.98 Å². The molecule has 4 rings (SSSR count). The van der Waals surface area contributed by atoms with Gasteiger partial charge in [0.05, 0.1) is 12.8 Å². The van der Waals surface area contributed by atoms with Crippen LogP contribution in [0.2, 0.25) is 0 Å². The summed E-state index contributed by atoms with van der Waals surface area (Å²) in [4.78, 5) is 11.5. The summed E-state index contributed by atoms with van der Waals surface area (Å²) < 4.78 is 12.1. The Balaban J connectivity index is 1.14. The minimum atomic E-state index is 0.0266. The van der Waals surface area contributed by atoms with Crippen molar-refractivity contribution >= 4 is 5.82 Å². The first-order valence-electron chi connectivity index (χ1n) is 15.5. The number of hydrogen-bond acceptors (Lipinski definition) is 7. The average Bonchev–Trinajstić information content (AvgIpc) is 2.82. The van der Waals surface area contributed by atoms with Crippen LogP contribution in [-0.4, -0.2) is 58.9 Å². The Morgan fingerprint density at radius 3 is 2.00 bits per heavy atom. The van der Waals surface area contributed by atoms with Crippen LogP contribution in [0.15, 0.2) is 36.7 Å². The van der Waals surface area contributed by atoms with E-state index in [9.17, 15) is 0 Å². The molecular weight excluding hydrogens is 510 g/mol. The molecule has 0 spiro atoms. The minimum absolute atomic E-state index is 0.0266. The molecule has 0 bridgehead atoms. The van der Waals surface area contributed by atoms with Crippen LogP contribution in [0.3, 0.4) is 0 Å². The van der Waals surface area contributed by atoms with Gasteiger partial charge in [0.2, 0.25) is 0 Å². The second kappa shape index (κ2) is 12.1. The molecule has 0 unspecified atom stereocenters. The molecule has 0 aromatic carbocycles. The zero-order valence-electron chi connectivity index (χ0n) is 27.3. The summed E-state index contributed by atoms with van der Waals surface area (Å²) in [5, 5.41) is 7.80. The summed E-state index contributed by atoms with van der Waals surface area (Å²) in [6, 6.07) is 9.17. The van der Waals surface area contributed by atoms with Crippen molar-refractivity contribution in [3.8, 4) is 11.5 Å². The highest BCUT2D eigenvalue weighted by Crippen LogP contribution is 2.31. The van der Waals surface area contributed by atoms with E-state index in [0.717, 1.165) is 61.8 Å². The van der Waals surface area contributed by atoms with E-state index in [0.29, 0.717) is 18.7 Å². The van der Waals surface area contributed by atoms with Crippen molar-refractivity contribution < 1.29 is 9.47 Å². The van der Waals surface area contributed by atoms with Crippen molar-refractivity contribution in [1.82, 2.24) is 20.6 Å². The molecule has 0 radical (unpaired) electrons. The quantitative estimate of drug-likeness (QED) is 0.304. The number of nitrogens with zero attached hydrogens (tertiary/aromatic N) is 3. The lowest BCUT2D eigenvalue weighted by Crippen LogP contribution is -2.63. The molecule has 7 heteroatoms. The monoisotopic (exact) mass is 565 g/mol. The highest BCUT2D eigenvalue weighted by atomic mass is 16.5. The number of rotatable bonds is 12. The summed E-state index contributed by atoms with van der Waals surface area (Å²) in [5.74, 6) is 2.80. The SMILES string of the molecule is CC(C)(C)COc1ccc(N2CC(NC(C)(C)CCC(C)(C)NC3CC(Oc4ccnc(C(C)(C)C)c4)C3)C2)nc1. The minimum Gasteiger partial charge on any atom is -0.491 e. The lowest BCUT2D eigenvalue weighted by atomic mass is 9.83. The second-order valence-corrected chi connectivity index (χ2v) is 15.9. The van der Waals surface area contributed by atoms with Gasteiger partial charge in [0.25, 0.3) is 0 Å². The molecule has 3 heterocycles. The van der Waals surface area contributed by atoms with Crippen LogP contribution in [0, 0.1) is 5.41 Å². The van der Waals surface area contributed by atoms with E-state index in [2.05, 4.69) is 107 Å². The highest BCUT2D eigenvalue weighted by Gasteiger charge is 2.37. The van der Waals surface area contributed by atoms with Gasteiger partial charge in [-0.15, -0.1) is 0 Å². The molecule has 1 saturated carbocycles. The van der Waals surface area contributed by atoms with Gasteiger partial charge < -0.3 is 25.0 Å². The van der Waals surface area contributed by atoms with Gasteiger partial charge in [-0.2, -0.15) is 0 Å². The fraction of sp³-hybridized carbons (Fsp3) is 0.706. The van der Waals surface area contributed by atoms with Gasteiger partial charge in [0.15, 0.2) is 0 Å². The smallest absolute Gasteiger partial charge is 0.137 e. The molecule has 7 nitrogen and oxygen atoms in total. The normalized spacial score (nSPS) is 20.4. The zero-order chi connectivity index (χ0) is 30.1. The molecule has 0 atom stereocenters. The van der Waals surface area contributed by atoms with Crippen molar-refractivity contribution in [3.63, 3.8) is 0 Å². The molecular formula is C34H55N5O2. The third kappa shape index (κ3) is 9.57. The van der Waals surface area contributed by atoms with Crippen LogP contribution >= 0.6 is 0 Å². The summed E-state index contributed by atoms with van der Waals surface area (Å²) in [6.45, 7) is 25.1. The highest BCUT2D eigenvalue weighted by molar-refractivity contribution is 5.44. The maximum Gasteiger partial charge on any atom is 0.137 e. The Bertz CT molecular complexity index is 1120. The fourth-order valence-corrected chi connectivity index (χ4v) is 5.44. The van der Waals surface area contributed by atoms with Crippen molar-refractivity contribution in [2.75, 3.05) is 24.6 Å². The second-order valence-electron chi connectivity index (χ2n) is 15.9. The van der Waals surface area contributed by atoms with Crippen LogP contribution in [0.25, 0.3) is 0 Å². The van der Waals surface area contributed by atoms with Crippen LogP contribution in [0.1, 0.15) is 101 Å². The van der Waals surface area contributed by atoms with Crippen molar-refractivity contribution in [1.29, 1.82) is 0 Å². The first-order valence-corrected chi connectivity index (χ1v) is 15.5. The standard InChI is InChI=1S/C34H55N5O2/c1-31(2,3)23-40-27-11-12-30(36-20-27)39-21-25(22-39)38-34(9,10)15-14-33(7,8)37-24-17-28(18-24)41-26-13-16-35-29(19-26)32(4,5)6/h11-13,16,19-20,24-25,28,37-38H,14-15,17-18,21-23H2,1-10H3. The Morgan fingerprint density at radius 1 is 0.805 bits per heavy atom. The Labute approximate surface area is 249 Å². The number of nitrogens with one attached hydrogen (secondary N) is 2. The molecule has 2 aliphatic rings.